The number of aliphatic imine (C=N–C) groups is 1. The summed E-state index contributed by atoms with van der Waals surface area (Å²) >= 11 is 0. The van der Waals surface area contributed by atoms with Crippen molar-refractivity contribution in [2.45, 2.75) is 13.0 Å². The van der Waals surface area contributed by atoms with Crippen LogP contribution in [0.4, 0.5) is 0 Å². The van der Waals surface area contributed by atoms with Gasteiger partial charge in [-0.25, -0.2) is 0 Å². The molecule has 9 nitrogen and oxygen atoms in total. The van der Waals surface area contributed by atoms with E-state index in [9.17, 15) is 9.59 Å². The molecule has 9 heteroatoms. The molecule has 0 saturated heterocycles. The molecule has 1 aliphatic rings. The molecule has 0 spiro atoms. The Bertz CT molecular complexity index is 1600. The van der Waals surface area contributed by atoms with E-state index >= 15 is 0 Å². The summed E-state index contributed by atoms with van der Waals surface area (Å²) in [5, 5.41) is 15.8. The molecule has 2 aromatic heterocycles. The highest BCUT2D eigenvalue weighted by Crippen LogP contribution is 2.38. The molecule has 2 amide bonds. The Balaban J connectivity index is 1.60. The van der Waals surface area contributed by atoms with Gasteiger partial charge in [0, 0.05) is 65.5 Å². The molecule has 3 heterocycles. The number of fused-ring (bicyclic) bond motifs is 2. The highest BCUT2D eigenvalue weighted by atomic mass is 16.2. The van der Waals surface area contributed by atoms with Gasteiger partial charge < -0.3 is 20.2 Å². The molecule has 0 bridgehead atoms. The number of benzene rings is 2. The number of hydrogen-bond acceptors (Lipinski definition) is 4. The number of nitriles is 1. The fourth-order valence-electron chi connectivity index (χ4n) is 4.70. The molecule has 0 aliphatic carbocycles. The number of nitrogens with one attached hydrogen (secondary N) is 2. The van der Waals surface area contributed by atoms with E-state index in [2.05, 4.69) is 20.2 Å². The lowest BCUT2D eigenvalue weighted by molar-refractivity contribution is -0.122. The molecule has 174 valence electrons. The van der Waals surface area contributed by atoms with Crippen molar-refractivity contribution >= 4 is 50.7 Å². The highest BCUT2D eigenvalue weighted by molar-refractivity contribution is 6.50. The van der Waals surface area contributed by atoms with Crippen LogP contribution in [0.1, 0.15) is 17.5 Å². The maximum absolute atomic E-state index is 13.1. The summed E-state index contributed by atoms with van der Waals surface area (Å²) in [4.78, 5) is 29.6. The molecule has 35 heavy (non-hydrogen) atoms. The Labute approximate surface area is 201 Å². The molecular formula is C26H23N7O2. The minimum Gasteiger partial charge on any atom is -0.369 e. The molecule has 0 fully saturated rings. The number of nitrogens with two attached hydrogens (primary N) is 1. The zero-order valence-electron chi connectivity index (χ0n) is 19.1. The van der Waals surface area contributed by atoms with Crippen LogP contribution in [0.2, 0.25) is 0 Å². The van der Waals surface area contributed by atoms with Gasteiger partial charge in [-0.3, -0.25) is 14.9 Å². The van der Waals surface area contributed by atoms with Gasteiger partial charge >= 0.3 is 0 Å². The summed E-state index contributed by atoms with van der Waals surface area (Å²) in [6, 6.07) is 15.6. The van der Waals surface area contributed by atoms with Crippen LogP contribution in [0.3, 0.4) is 0 Å². The molecule has 0 radical (unpaired) electrons. The minimum atomic E-state index is -0.400. The first-order valence-electron chi connectivity index (χ1n) is 11.2. The summed E-state index contributed by atoms with van der Waals surface area (Å²) in [6.07, 6.45) is 6.18. The Hall–Kier alpha value is -4.84. The van der Waals surface area contributed by atoms with E-state index in [4.69, 9.17) is 11.0 Å². The van der Waals surface area contributed by atoms with E-state index in [1.54, 1.807) is 6.19 Å². The van der Waals surface area contributed by atoms with Gasteiger partial charge in [0.15, 0.2) is 0 Å². The largest absolute Gasteiger partial charge is 0.369 e. The van der Waals surface area contributed by atoms with Gasteiger partial charge in [-0.2, -0.15) is 5.26 Å². The first-order chi connectivity index (χ1) is 17.0. The number of amides is 2. The average Bonchev–Trinajstić information content (AvgIpc) is 3.47. The zero-order valence-corrected chi connectivity index (χ0v) is 19.1. The first-order valence-corrected chi connectivity index (χ1v) is 11.2. The fraction of sp³-hybridized carbons (Fsp3) is 0.154. The fourth-order valence-corrected chi connectivity index (χ4v) is 4.70. The average molecular weight is 466 g/mol. The number of carbonyl (C=O) groups is 2. The van der Waals surface area contributed by atoms with Crippen LogP contribution in [0, 0.1) is 11.5 Å². The Kier molecular flexibility index (Phi) is 5.55. The van der Waals surface area contributed by atoms with Gasteiger partial charge in [0.05, 0.1) is 11.1 Å². The lowest BCUT2D eigenvalue weighted by Gasteiger charge is -2.06. The Morgan fingerprint density at radius 3 is 2.29 bits per heavy atom. The number of guanidine groups is 1. The number of aromatic nitrogens is 2. The molecular weight excluding hydrogens is 442 g/mol. The van der Waals surface area contributed by atoms with Crippen LogP contribution in [-0.2, 0) is 23.2 Å². The van der Waals surface area contributed by atoms with Crippen LogP contribution < -0.4 is 16.4 Å². The van der Waals surface area contributed by atoms with Gasteiger partial charge in [-0.1, -0.05) is 36.4 Å². The second kappa shape index (κ2) is 8.83. The summed E-state index contributed by atoms with van der Waals surface area (Å²) in [5.41, 5.74) is 9.76. The van der Waals surface area contributed by atoms with Crippen molar-refractivity contribution in [2.75, 3.05) is 6.54 Å². The molecule has 5 rings (SSSR count). The predicted molar refractivity (Wildman–Crippen MR) is 135 cm³/mol. The number of carbonyl (C=O) groups excluding carboxylic acids is 2. The van der Waals surface area contributed by atoms with E-state index in [0.717, 1.165) is 27.4 Å². The normalized spacial score (nSPS) is 14.1. The molecule has 0 atom stereocenters. The van der Waals surface area contributed by atoms with Crippen LogP contribution in [0.25, 0.3) is 33.0 Å². The molecule has 0 unspecified atom stereocenters. The van der Waals surface area contributed by atoms with Gasteiger partial charge in [-0.15, -0.1) is 4.99 Å². The molecule has 1 aliphatic heterocycles. The zero-order chi connectivity index (χ0) is 24.5. The maximum Gasteiger partial charge on any atom is 0.259 e. The van der Waals surface area contributed by atoms with E-state index in [-0.39, 0.29) is 5.96 Å². The SMILES string of the molecule is Cn1cc(C2=C(c3cn(CCCN/C(N)=N\C#N)c4ccccc34)C(=O)NC2=O)c2ccccc21. The van der Waals surface area contributed by atoms with Crippen molar-refractivity contribution < 1.29 is 9.59 Å². The second-order valence-corrected chi connectivity index (χ2v) is 8.33. The number of nitrogens with zero attached hydrogens (tertiary/aromatic N) is 4. The smallest absolute Gasteiger partial charge is 0.259 e. The van der Waals surface area contributed by atoms with Crippen molar-refractivity contribution in [3.63, 3.8) is 0 Å². The molecule has 4 N–H and O–H groups in total. The van der Waals surface area contributed by atoms with E-state index < -0.39 is 11.8 Å². The third-order valence-corrected chi connectivity index (χ3v) is 6.21. The topological polar surface area (TPSA) is 130 Å². The first kappa shape index (κ1) is 22.0. The lowest BCUT2D eigenvalue weighted by atomic mass is 9.95. The van der Waals surface area contributed by atoms with E-state index in [1.807, 2.05) is 72.5 Å². The van der Waals surface area contributed by atoms with Crippen molar-refractivity contribution in [1.82, 2.24) is 19.8 Å². The van der Waals surface area contributed by atoms with Gasteiger partial charge in [0.2, 0.25) is 12.2 Å². The van der Waals surface area contributed by atoms with Crippen molar-refractivity contribution in [3.05, 3.63) is 72.1 Å². The van der Waals surface area contributed by atoms with Crippen LogP contribution in [-0.4, -0.2) is 33.5 Å². The third-order valence-electron chi connectivity index (χ3n) is 6.21. The number of aryl methyl sites for hydroxylation is 2. The molecule has 4 aromatic rings. The summed E-state index contributed by atoms with van der Waals surface area (Å²) < 4.78 is 4.02. The van der Waals surface area contributed by atoms with Crippen molar-refractivity contribution in [3.8, 4) is 6.19 Å². The summed E-state index contributed by atoms with van der Waals surface area (Å²) in [6.45, 7) is 1.17. The van der Waals surface area contributed by atoms with E-state index in [1.165, 1.54) is 0 Å². The van der Waals surface area contributed by atoms with Gasteiger partial charge in [0.25, 0.3) is 11.8 Å². The highest BCUT2D eigenvalue weighted by Gasteiger charge is 2.35. The molecule has 0 saturated carbocycles. The van der Waals surface area contributed by atoms with Crippen molar-refractivity contribution in [1.29, 1.82) is 5.26 Å². The number of para-hydroxylation sites is 2. The van der Waals surface area contributed by atoms with Crippen LogP contribution in [0.15, 0.2) is 65.9 Å². The number of hydrogen-bond donors (Lipinski definition) is 3. The quantitative estimate of drug-likeness (QED) is 0.132. The summed E-state index contributed by atoms with van der Waals surface area (Å²) in [7, 11) is 1.93. The lowest BCUT2D eigenvalue weighted by Crippen LogP contribution is -2.32. The second-order valence-electron chi connectivity index (χ2n) is 8.33. The van der Waals surface area contributed by atoms with Crippen LogP contribution in [0.5, 0.6) is 0 Å². The monoisotopic (exact) mass is 465 g/mol. The third kappa shape index (κ3) is 3.81. The van der Waals surface area contributed by atoms with E-state index in [0.29, 0.717) is 36.2 Å². The van der Waals surface area contributed by atoms with Crippen LogP contribution >= 0.6 is 0 Å². The number of rotatable bonds is 6. The Morgan fingerprint density at radius 1 is 1.00 bits per heavy atom. The van der Waals surface area contributed by atoms with Gasteiger partial charge in [0.1, 0.15) is 0 Å². The van der Waals surface area contributed by atoms with Crippen molar-refractivity contribution in [2.24, 2.45) is 17.8 Å². The molecule has 2 aromatic carbocycles. The predicted octanol–water partition coefficient (Wildman–Crippen LogP) is 2.48. The summed E-state index contributed by atoms with van der Waals surface area (Å²) in [5.74, 6) is -0.714. The Morgan fingerprint density at radius 2 is 1.60 bits per heavy atom. The minimum absolute atomic E-state index is 0.0802. The maximum atomic E-state index is 13.1. The standard InChI is InChI=1S/C26H23N7O2/c1-32-13-18(16-7-2-4-9-20(16)32)22-23(25(35)31-24(22)34)19-14-33(21-10-5-3-8-17(19)21)12-6-11-29-26(28)30-15-27/h2-5,7-10,13-14H,6,11-12H2,1H3,(H3,28,29,30)(H,31,34,35). The number of imide groups is 1. The van der Waals surface area contributed by atoms with Gasteiger partial charge in [-0.05, 0) is 18.6 Å².